The summed E-state index contributed by atoms with van der Waals surface area (Å²) in [6.45, 7) is 3.53. The molecule has 4 rings (SSSR count). The quantitative estimate of drug-likeness (QED) is 0.415. The van der Waals surface area contributed by atoms with E-state index in [9.17, 15) is 0 Å². The van der Waals surface area contributed by atoms with Crippen LogP contribution in [0.2, 0.25) is 0 Å². The van der Waals surface area contributed by atoms with Gasteiger partial charge < -0.3 is 20.3 Å². The van der Waals surface area contributed by atoms with Gasteiger partial charge in [0.1, 0.15) is 10.8 Å². The maximum atomic E-state index is 5.62. The molecule has 10 heteroatoms. The van der Waals surface area contributed by atoms with Gasteiger partial charge in [-0.3, -0.25) is 0 Å². The van der Waals surface area contributed by atoms with Crippen LogP contribution in [0.4, 0.5) is 11.8 Å². The first-order valence-corrected chi connectivity index (χ1v) is 10.7. The van der Waals surface area contributed by atoms with Crippen LogP contribution in [0.25, 0.3) is 0 Å². The van der Waals surface area contributed by atoms with Gasteiger partial charge in [0.25, 0.3) is 0 Å². The molecule has 2 N–H and O–H groups in total. The lowest BCUT2D eigenvalue weighted by molar-refractivity contribution is 0.114. The van der Waals surface area contributed by atoms with Crippen molar-refractivity contribution in [3.05, 3.63) is 24.5 Å². The fraction of sp³-hybridized carbons (Fsp3) is 0.500. The number of hydrogen-bond acceptors (Lipinski definition) is 8. The van der Waals surface area contributed by atoms with Gasteiger partial charge in [0.15, 0.2) is 10.3 Å². The predicted octanol–water partition coefficient (Wildman–Crippen LogP) is 2.48. The van der Waals surface area contributed by atoms with Crippen molar-refractivity contribution in [1.82, 2.24) is 25.3 Å². The Hall–Kier alpha value is -2.04. The largest absolute Gasteiger partial charge is 0.376 e. The SMILES string of the molecule is S=C(NC[C@H]1CCCO1)Nc1nc(Sc2ncccn2)cc(N2CCCC2)n1. The minimum Gasteiger partial charge on any atom is -0.376 e. The summed E-state index contributed by atoms with van der Waals surface area (Å²) in [6.07, 6.45) is 8.20. The van der Waals surface area contributed by atoms with Crippen molar-refractivity contribution in [3.63, 3.8) is 0 Å². The first-order valence-electron chi connectivity index (χ1n) is 9.51. The molecule has 0 aromatic carbocycles. The number of nitrogens with zero attached hydrogens (tertiary/aromatic N) is 5. The fourth-order valence-electron chi connectivity index (χ4n) is 3.22. The van der Waals surface area contributed by atoms with Gasteiger partial charge in [0, 0.05) is 44.7 Å². The Balaban J connectivity index is 1.47. The number of thiocarbonyl (C=S) groups is 1. The lowest BCUT2D eigenvalue weighted by Gasteiger charge is -2.18. The summed E-state index contributed by atoms with van der Waals surface area (Å²) in [6, 6.07) is 3.78. The molecule has 0 spiro atoms. The molecule has 0 bridgehead atoms. The number of hydrogen-bond donors (Lipinski definition) is 2. The van der Waals surface area contributed by atoms with Crippen LogP contribution in [0.15, 0.2) is 34.7 Å². The van der Waals surface area contributed by atoms with Gasteiger partial charge in [-0.15, -0.1) is 0 Å². The Morgan fingerprint density at radius 3 is 2.79 bits per heavy atom. The highest BCUT2D eigenvalue weighted by molar-refractivity contribution is 7.99. The molecular weight excluding hydrogens is 394 g/mol. The van der Waals surface area contributed by atoms with Crippen LogP contribution in [0.3, 0.4) is 0 Å². The van der Waals surface area contributed by atoms with Crippen molar-refractivity contribution in [2.45, 2.75) is 42.0 Å². The smallest absolute Gasteiger partial charge is 0.232 e. The zero-order chi connectivity index (χ0) is 19.2. The number of ether oxygens (including phenoxy) is 1. The fourth-order valence-corrected chi connectivity index (χ4v) is 4.10. The van der Waals surface area contributed by atoms with Crippen molar-refractivity contribution in [2.75, 3.05) is 36.5 Å². The molecule has 0 aliphatic carbocycles. The van der Waals surface area contributed by atoms with Gasteiger partial charge in [0.05, 0.1) is 6.10 Å². The van der Waals surface area contributed by atoms with Gasteiger partial charge in [0.2, 0.25) is 5.95 Å². The van der Waals surface area contributed by atoms with Crippen LogP contribution in [-0.2, 0) is 4.74 Å². The summed E-state index contributed by atoms with van der Waals surface area (Å²) >= 11 is 6.83. The van der Waals surface area contributed by atoms with Crippen molar-refractivity contribution >= 4 is 40.9 Å². The van der Waals surface area contributed by atoms with Gasteiger partial charge in [-0.2, -0.15) is 4.98 Å². The second-order valence-corrected chi connectivity index (χ2v) is 8.08. The zero-order valence-electron chi connectivity index (χ0n) is 15.5. The lowest BCUT2D eigenvalue weighted by Crippen LogP contribution is -2.35. The number of nitrogens with one attached hydrogen (secondary N) is 2. The van der Waals surface area contributed by atoms with E-state index in [2.05, 4.69) is 35.5 Å². The van der Waals surface area contributed by atoms with E-state index in [-0.39, 0.29) is 6.10 Å². The van der Waals surface area contributed by atoms with E-state index < -0.39 is 0 Å². The Kier molecular flexibility index (Phi) is 6.50. The van der Waals surface area contributed by atoms with Crippen LogP contribution in [0, 0.1) is 0 Å². The molecule has 2 aromatic heterocycles. The van der Waals surface area contributed by atoms with Crippen LogP contribution in [0.1, 0.15) is 25.7 Å². The molecule has 148 valence electrons. The average Bonchev–Trinajstić information content (AvgIpc) is 3.41. The van der Waals surface area contributed by atoms with E-state index in [1.54, 1.807) is 18.5 Å². The van der Waals surface area contributed by atoms with E-state index in [1.165, 1.54) is 24.6 Å². The maximum absolute atomic E-state index is 5.62. The molecule has 4 heterocycles. The van der Waals surface area contributed by atoms with Crippen LogP contribution in [-0.4, -0.2) is 57.4 Å². The highest BCUT2D eigenvalue weighted by Gasteiger charge is 2.18. The second-order valence-electron chi connectivity index (χ2n) is 6.69. The highest BCUT2D eigenvalue weighted by Crippen LogP contribution is 2.28. The number of anilines is 2. The van der Waals surface area contributed by atoms with Crippen molar-refractivity contribution < 1.29 is 4.74 Å². The van der Waals surface area contributed by atoms with Gasteiger partial charge in [-0.1, -0.05) is 0 Å². The zero-order valence-corrected chi connectivity index (χ0v) is 17.1. The molecular formula is C18H23N7OS2. The molecule has 2 aliphatic rings. The minimum absolute atomic E-state index is 0.220. The minimum atomic E-state index is 0.220. The molecule has 1 atom stereocenters. The molecule has 2 fully saturated rings. The average molecular weight is 418 g/mol. The van der Waals surface area contributed by atoms with Gasteiger partial charge in [-0.05, 0) is 55.7 Å². The normalized spacial score (nSPS) is 19.0. The van der Waals surface area contributed by atoms with Gasteiger partial charge >= 0.3 is 0 Å². The number of rotatable bonds is 6. The molecule has 2 aromatic rings. The molecule has 0 amide bonds. The molecule has 28 heavy (non-hydrogen) atoms. The molecule has 2 saturated heterocycles. The second kappa shape index (κ2) is 9.44. The van der Waals surface area contributed by atoms with Crippen molar-refractivity contribution in [2.24, 2.45) is 0 Å². The summed E-state index contributed by atoms with van der Waals surface area (Å²) in [5, 5.41) is 8.26. The predicted molar refractivity (Wildman–Crippen MR) is 113 cm³/mol. The molecule has 8 nitrogen and oxygen atoms in total. The van der Waals surface area contributed by atoms with Crippen molar-refractivity contribution in [3.8, 4) is 0 Å². The Morgan fingerprint density at radius 1 is 1.21 bits per heavy atom. The molecule has 0 radical (unpaired) electrons. The summed E-state index contributed by atoms with van der Waals surface area (Å²) < 4.78 is 5.62. The Labute approximate surface area is 173 Å². The van der Waals surface area contributed by atoms with Gasteiger partial charge in [-0.25, -0.2) is 15.0 Å². The third-order valence-electron chi connectivity index (χ3n) is 4.60. The standard InChI is InChI=1S/C18H23N7OS2/c27-17(21-12-13-5-3-10-26-13)24-16-22-14(25-8-1-2-9-25)11-15(23-16)28-18-19-6-4-7-20-18/h4,6-7,11,13H,1-3,5,8-10,12H2,(H2,21,22,23,24,27)/t13-/m1/s1. The van der Waals surface area contributed by atoms with E-state index in [4.69, 9.17) is 17.0 Å². The number of aromatic nitrogens is 4. The molecule has 0 unspecified atom stereocenters. The summed E-state index contributed by atoms with van der Waals surface area (Å²) in [5.41, 5.74) is 0. The summed E-state index contributed by atoms with van der Waals surface area (Å²) in [7, 11) is 0. The van der Waals surface area contributed by atoms with E-state index in [0.717, 1.165) is 43.4 Å². The summed E-state index contributed by atoms with van der Waals surface area (Å²) in [4.78, 5) is 20.1. The Bertz CT molecular complexity index is 796. The van der Waals surface area contributed by atoms with Crippen molar-refractivity contribution in [1.29, 1.82) is 0 Å². The monoisotopic (exact) mass is 417 g/mol. The Morgan fingerprint density at radius 2 is 2.04 bits per heavy atom. The van der Waals surface area contributed by atoms with E-state index >= 15 is 0 Å². The molecule has 0 saturated carbocycles. The third-order valence-corrected chi connectivity index (χ3v) is 5.65. The first-order chi connectivity index (χ1) is 13.8. The van der Waals surface area contributed by atoms with E-state index in [0.29, 0.717) is 22.8 Å². The third kappa shape index (κ3) is 5.27. The van der Waals surface area contributed by atoms with Crippen LogP contribution >= 0.6 is 24.0 Å². The highest BCUT2D eigenvalue weighted by atomic mass is 32.2. The first kappa shape index (κ1) is 19.3. The van der Waals surface area contributed by atoms with E-state index in [1.807, 2.05) is 6.07 Å². The topological polar surface area (TPSA) is 88.1 Å². The van der Waals surface area contributed by atoms with Crippen LogP contribution in [0.5, 0.6) is 0 Å². The van der Waals surface area contributed by atoms with Crippen LogP contribution < -0.4 is 15.5 Å². The summed E-state index contributed by atoms with van der Waals surface area (Å²) in [5.74, 6) is 1.38. The lowest BCUT2D eigenvalue weighted by atomic mass is 10.2. The maximum Gasteiger partial charge on any atom is 0.232 e. The molecule has 2 aliphatic heterocycles.